The maximum atomic E-state index is 11.1. The van der Waals surface area contributed by atoms with Crippen LogP contribution in [0.15, 0.2) is 42.5 Å². The molecule has 0 saturated heterocycles. The number of phenols is 1. The Morgan fingerprint density at radius 1 is 1.45 bits per heavy atom. The van der Waals surface area contributed by atoms with Crippen LogP contribution in [0.1, 0.15) is 18.4 Å². The number of carbonyl (C=O) groups excluding carboxylic acids is 1. The normalized spacial score (nSPS) is 18.2. The number of aromatic hydroxyl groups is 1. The fraction of sp³-hybridized carbons (Fsp3) is 0.312. The SMILES string of the molecule is COc1cc(C/C=C/CC2C=CCC(=O)O2)ccc1O. The van der Waals surface area contributed by atoms with E-state index in [0.717, 1.165) is 12.0 Å². The van der Waals surface area contributed by atoms with Crippen LogP contribution in [-0.4, -0.2) is 24.3 Å². The second-order valence-corrected chi connectivity index (χ2v) is 4.58. The van der Waals surface area contributed by atoms with Crippen molar-refractivity contribution in [3.05, 3.63) is 48.1 Å². The summed E-state index contributed by atoms with van der Waals surface area (Å²) in [6.07, 6.45) is 9.40. The Balaban J connectivity index is 1.85. The van der Waals surface area contributed by atoms with Crippen molar-refractivity contribution in [1.82, 2.24) is 0 Å². The van der Waals surface area contributed by atoms with Gasteiger partial charge in [-0.05, 0) is 30.2 Å². The van der Waals surface area contributed by atoms with Crippen LogP contribution in [0.5, 0.6) is 11.5 Å². The number of esters is 1. The number of hydrogen-bond donors (Lipinski definition) is 1. The Morgan fingerprint density at radius 2 is 2.30 bits per heavy atom. The first kappa shape index (κ1) is 14.2. The molecule has 2 rings (SSSR count). The lowest BCUT2D eigenvalue weighted by Crippen LogP contribution is -2.18. The van der Waals surface area contributed by atoms with Crippen molar-refractivity contribution in [3.63, 3.8) is 0 Å². The van der Waals surface area contributed by atoms with E-state index >= 15 is 0 Å². The molecule has 0 aliphatic carbocycles. The molecule has 0 radical (unpaired) electrons. The molecule has 0 spiro atoms. The molecule has 0 amide bonds. The Labute approximate surface area is 118 Å². The molecule has 0 fully saturated rings. The van der Waals surface area contributed by atoms with E-state index in [1.165, 1.54) is 7.11 Å². The molecule has 106 valence electrons. The van der Waals surface area contributed by atoms with Gasteiger partial charge in [-0.3, -0.25) is 4.79 Å². The number of phenolic OH excluding ortho intramolecular Hbond substituents is 1. The van der Waals surface area contributed by atoms with Crippen LogP contribution in [0, 0.1) is 0 Å². The largest absolute Gasteiger partial charge is 0.504 e. The van der Waals surface area contributed by atoms with Gasteiger partial charge in [0.1, 0.15) is 6.10 Å². The van der Waals surface area contributed by atoms with E-state index in [1.807, 2.05) is 30.4 Å². The van der Waals surface area contributed by atoms with Gasteiger partial charge in [-0.2, -0.15) is 0 Å². The van der Waals surface area contributed by atoms with Crippen LogP contribution < -0.4 is 4.74 Å². The predicted molar refractivity (Wildman–Crippen MR) is 75.8 cm³/mol. The quantitative estimate of drug-likeness (QED) is 0.662. The first-order valence-corrected chi connectivity index (χ1v) is 6.56. The third-order valence-electron chi connectivity index (χ3n) is 3.05. The van der Waals surface area contributed by atoms with Gasteiger partial charge in [0.25, 0.3) is 0 Å². The molecule has 1 N–H and O–H groups in total. The van der Waals surface area contributed by atoms with Crippen molar-refractivity contribution >= 4 is 5.97 Å². The smallest absolute Gasteiger partial charge is 0.310 e. The Morgan fingerprint density at radius 3 is 3.05 bits per heavy atom. The standard InChI is InChI=1S/C16H18O4/c1-19-15-11-12(9-10-14(15)17)5-2-3-6-13-7-4-8-16(18)20-13/h2-4,7,9-11,13,17H,5-6,8H2,1H3/b3-2+. The minimum Gasteiger partial charge on any atom is -0.504 e. The number of cyclic esters (lactones) is 1. The Kier molecular flexibility index (Phi) is 4.82. The number of benzene rings is 1. The molecule has 1 unspecified atom stereocenters. The van der Waals surface area contributed by atoms with E-state index in [9.17, 15) is 9.90 Å². The molecule has 1 aliphatic rings. The second kappa shape index (κ2) is 6.80. The van der Waals surface area contributed by atoms with Crippen molar-refractivity contribution in [2.45, 2.75) is 25.4 Å². The summed E-state index contributed by atoms with van der Waals surface area (Å²) in [5, 5.41) is 9.50. The van der Waals surface area contributed by atoms with Crippen molar-refractivity contribution in [3.8, 4) is 11.5 Å². The number of hydrogen-bond acceptors (Lipinski definition) is 4. The molecule has 20 heavy (non-hydrogen) atoms. The van der Waals surface area contributed by atoms with Gasteiger partial charge in [-0.1, -0.05) is 24.3 Å². The van der Waals surface area contributed by atoms with E-state index in [0.29, 0.717) is 18.6 Å². The summed E-state index contributed by atoms with van der Waals surface area (Å²) in [6, 6.07) is 5.27. The second-order valence-electron chi connectivity index (χ2n) is 4.58. The lowest BCUT2D eigenvalue weighted by atomic mass is 10.1. The van der Waals surface area contributed by atoms with E-state index in [1.54, 1.807) is 12.1 Å². The molecule has 0 aromatic heterocycles. The summed E-state index contributed by atoms with van der Waals surface area (Å²) in [5.41, 5.74) is 1.05. The summed E-state index contributed by atoms with van der Waals surface area (Å²) in [7, 11) is 1.53. The van der Waals surface area contributed by atoms with Crippen LogP contribution in [0.25, 0.3) is 0 Å². The number of methoxy groups -OCH3 is 1. The number of carbonyl (C=O) groups is 1. The zero-order valence-corrected chi connectivity index (χ0v) is 11.4. The van der Waals surface area contributed by atoms with Crippen LogP contribution in [0.2, 0.25) is 0 Å². The topological polar surface area (TPSA) is 55.8 Å². The van der Waals surface area contributed by atoms with E-state index in [2.05, 4.69) is 0 Å². The molecule has 1 aliphatic heterocycles. The van der Waals surface area contributed by atoms with E-state index in [4.69, 9.17) is 9.47 Å². The van der Waals surface area contributed by atoms with Gasteiger partial charge >= 0.3 is 5.97 Å². The van der Waals surface area contributed by atoms with Crippen LogP contribution in [-0.2, 0) is 16.0 Å². The maximum Gasteiger partial charge on any atom is 0.310 e. The molecule has 1 aromatic rings. The molecule has 0 saturated carbocycles. The summed E-state index contributed by atoms with van der Waals surface area (Å²) in [5.74, 6) is 0.439. The highest BCUT2D eigenvalue weighted by Gasteiger charge is 2.13. The molecule has 4 heteroatoms. The average molecular weight is 274 g/mol. The molecule has 4 nitrogen and oxygen atoms in total. The summed E-state index contributed by atoms with van der Waals surface area (Å²) in [6.45, 7) is 0. The minimum absolute atomic E-state index is 0.138. The van der Waals surface area contributed by atoms with Gasteiger partial charge in [-0.25, -0.2) is 0 Å². The van der Waals surface area contributed by atoms with Crippen molar-refractivity contribution in [2.75, 3.05) is 7.11 Å². The first-order chi connectivity index (χ1) is 9.69. The highest BCUT2D eigenvalue weighted by atomic mass is 16.5. The van der Waals surface area contributed by atoms with Crippen LogP contribution >= 0.6 is 0 Å². The molecule has 0 bridgehead atoms. The third-order valence-corrected chi connectivity index (χ3v) is 3.05. The molecule has 1 heterocycles. The summed E-state index contributed by atoms with van der Waals surface area (Å²) < 4.78 is 10.2. The molecular formula is C16H18O4. The van der Waals surface area contributed by atoms with Gasteiger partial charge < -0.3 is 14.6 Å². The van der Waals surface area contributed by atoms with E-state index in [-0.39, 0.29) is 17.8 Å². The predicted octanol–water partition coefficient (Wildman–Crippen LogP) is 2.76. The summed E-state index contributed by atoms with van der Waals surface area (Å²) >= 11 is 0. The fourth-order valence-corrected chi connectivity index (χ4v) is 2.00. The van der Waals surface area contributed by atoms with Gasteiger partial charge in [0.05, 0.1) is 13.5 Å². The first-order valence-electron chi connectivity index (χ1n) is 6.56. The van der Waals surface area contributed by atoms with Crippen molar-refractivity contribution < 1.29 is 19.4 Å². The van der Waals surface area contributed by atoms with Crippen LogP contribution in [0.4, 0.5) is 0 Å². The third kappa shape index (κ3) is 3.88. The zero-order valence-electron chi connectivity index (χ0n) is 11.4. The average Bonchev–Trinajstić information content (AvgIpc) is 2.45. The van der Waals surface area contributed by atoms with Gasteiger partial charge in [0, 0.05) is 6.42 Å². The molecule has 1 aromatic carbocycles. The molecular weight excluding hydrogens is 256 g/mol. The maximum absolute atomic E-state index is 11.1. The monoisotopic (exact) mass is 274 g/mol. The highest BCUT2D eigenvalue weighted by molar-refractivity contribution is 5.72. The van der Waals surface area contributed by atoms with Gasteiger partial charge in [-0.15, -0.1) is 0 Å². The van der Waals surface area contributed by atoms with Gasteiger partial charge in [0.15, 0.2) is 11.5 Å². The number of ether oxygens (including phenoxy) is 2. The minimum atomic E-state index is -0.172. The zero-order chi connectivity index (χ0) is 14.4. The lowest BCUT2D eigenvalue weighted by molar-refractivity contribution is -0.146. The van der Waals surface area contributed by atoms with Crippen molar-refractivity contribution in [2.24, 2.45) is 0 Å². The lowest BCUT2D eigenvalue weighted by Gasteiger charge is -2.15. The van der Waals surface area contributed by atoms with Gasteiger partial charge in [0.2, 0.25) is 0 Å². The summed E-state index contributed by atoms with van der Waals surface area (Å²) in [4.78, 5) is 11.1. The molecule has 1 atom stereocenters. The van der Waals surface area contributed by atoms with E-state index < -0.39 is 0 Å². The Bertz CT molecular complexity index is 531. The Hall–Kier alpha value is -2.23. The highest BCUT2D eigenvalue weighted by Crippen LogP contribution is 2.26. The number of rotatable bonds is 5. The van der Waals surface area contributed by atoms with Crippen LogP contribution in [0.3, 0.4) is 0 Å². The van der Waals surface area contributed by atoms with Crippen molar-refractivity contribution in [1.29, 1.82) is 0 Å². The fourth-order valence-electron chi connectivity index (χ4n) is 2.00. The number of allylic oxidation sites excluding steroid dienone is 1.